The molecule has 4 aromatic rings. The molecule has 2 aromatic carbocycles. The largest absolute Gasteiger partial charge is 0.349 e. The van der Waals surface area contributed by atoms with Gasteiger partial charge < -0.3 is 15.6 Å². The van der Waals surface area contributed by atoms with Crippen LogP contribution in [-0.2, 0) is 4.79 Å². The number of aromatic amines is 2. The van der Waals surface area contributed by atoms with Crippen LogP contribution in [-0.4, -0.2) is 37.4 Å². The average molecular weight is 410 g/mol. The minimum Gasteiger partial charge on any atom is -0.349 e. The Morgan fingerprint density at radius 1 is 1.10 bits per heavy atom. The molecule has 0 saturated carbocycles. The molecule has 146 valence electrons. The lowest BCUT2D eigenvalue weighted by Crippen LogP contribution is -2.13. The molecule has 0 bridgehead atoms. The first-order valence-electron chi connectivity index (χ1n) is 8.81. The summed E-state index contributed by atoms with van der Waals surface area (Å²) >= 11 is 6.07. The van der Waals surface area contributed by atoms with E-state index < -0.39 is 0 Å². The van der Waals surface area contributed by atoms with Crippen molar-refractivity contribution in [3.63, 3.8) is 0 Å². The van der Waals surface area contributed by atoms with Crippen LogP contribution in [0, 0.1) is 0 Å². The number of amides is 2. The Labute approximate surface area is 169 Å². The number of nitrogens with zero attached hydrogens (tertiary/aromatic N) is 3. The van der Waals surface area contributed by atoms with Crippen molar-refractivity contribution in [2.75, 3.05) is 10.6 Å². The van der Waals surface area contributed by atoms with Crippen LogP contribution in [0.5, 0.6) is 0 Å². The van der Waals surface area contributed by atoms with E-state index in [-0.39, 0.29) is 11.8 Å². The molecule has 0 radical (unpaired) electrons. The first kappa shape index (κ1) is 18.6. The average Bonchev–Trinajstić information content (AvgIpc) is 3.39. The molecule has 0 spiro atoms. The summed E-state index contributed by atoms with van der Waals surface area (Å²) in [6.07, 6.45) is 0.361. The molecule has 0 atom stereocenters. The number of rotatable bonds is 5. The van der Waals surface area contributed by atoms with Crippen molar-refractivity contribution in [2.24, 2.45) is 0 Å². The number of hydrogen-bond acceptors (Lipinski definition) is 5. The number of nitrogens with one attached hydrogen (secondary N) is 4. The normalized spacial score (nSPS) is 10.8. The summed E-state index contributed by atoms with van der Waals surface area (Å²) in [4.78, 5) is 27.7. The van der Waals surface area contributed by atoms with Crippen molar-refractivity contribution in [3.8, 4) is 11.4 Å². The Kier molecular flexibility index (Phi) is 4.96. The minimum atomic E-state index is -0.360. The van der Waals surface area contributed by atoms with Gasteiger partial charge in [-0.15, -0.1) is 10.2 Å². The molecule has 10 heteroatoms. The number of carbonyl (C=O) groups is 2. The van der Waals surface area contributed by atoms with Crippen LogP contribution < -0.4 is 10.6 Å². The van der Waals surface area contributed by atoms with Gasteiger partial charge in [0, 0.05) is 22.4 Å². The van der Waals surface area contributed by atoms with E-state index in [0.29, 0.717) is 45.4 Å². The maximum atomic E-state index is 12.9. The number of fused-ring (bicyclic) bond motifs is 1. The Balaban J connectivity index is 1.65. The van der Waals surface area contributed by atoms with Gasteiger partial charge >= 0.3 is 0 Å². The van der Waals surface area contributed by atoms with Crippen LogP contribution >= 0.6 is 11.6 Å². The van der Waals surface area contributed by atoms with E-state index >= 15 is 0 Å². The first-order valence-corrected chi connectivity index (χ1v) is 9.19. The lowest BCUT2D eigenvalue weighted by molar-refractivity contribution is -0.115. The topological polar surface area (TPSA) is 128 Å². The molecule has 0 aliphatic carbocycles. The smallest absolute Gasteiger partial charge is 0.272 e. The summed E-state index contributed by atoms with van der Waals surface area (Å²) < 4.78 is 0. The van der Waals surface area contributed by atoms with Gasteiger partial charge in [-0.1, -0.05) is 30.7 Å². The van der Waals surface area contributed by atoms with Gasteiger partial charge in [0.15, 0.2) is 0 Å². The second kappa shape index (κ2) is 7.72. The molecular formula is C19H16ClN7O2. The monoisotopic (exact) mass is 409 g/mol. The molecule has 0 aliphatic heterocycles. The van der Waals surface area contributed by atoms with E-state index in [9.17, 15) is 9.59 Å². The molecular weight excluding hydrogens is 394 g/mol. The number of carbonyl (C=O) groups excluding carboxylic acids is 2. The van der Waals surface area contributed by atoms with E-state index in [1.54, 1.807) is 37.3 Å². The van der Waals surface area contributed by atoms with Gasteiger partial charge in [0.25, 0.3) is 5.91 Å². The molecule has 2 heterocycles. The summed E-state index contributed by atoms with van der Waals surface area (Å²) in [5, 5.41) is 20.8. The summed E-state index contributed by atoms with van der Waals surface area (Å²) in [5.41, 5.74) is 2.65. The minimum absolute atomic E-state index is 0.107. The van der Waals surface area contributed by atoms with Gasteiger partial charge in [-0.3, -0.25) is 9.59 Å². The number of H-pyrrole nitrogens is 2. The van der Waals surface area contributed by atoms with Crippen molar-refractivity contribution < 1.29 is 9.59 Å². The van der Waals surface area contributed by atoms with E-state index in [1.165, 1.54) is 0 Å². The SMILES string of the molecule is CCC(=O)Nc1cccc2cc(C(=O)Nc3ccc(Cl)cc3-c3nn[nH]n3)[nH]c12. The standard InChI is InChI=1S/C19H16ClN7O2/c1-2-16(28)21-14-5-3-4-10-8-15(22-17(10)14)19(29)23-13-7-6-11(20)9-12(13)18-24-26-27-25-18/h3-9,22H,2H2,1H3,(H,21,28)(H,23,29)(H,24,25,26,27). The van der Waals surface area contributed by atoms with Crippen LogP contribution in [0.4, 0.5) is 11.4 Å². The van der Waals surface area contributed by atoms with Crippen LogP contribution in [0.2, 0.25) is 5.02 Å². The highest BCUT2D eigenvalue weighted by atomic mass is 35.5. The van der Waals surface area contributed by atoms with Crippen molar-refractivity contribution in [3.05, 3.63) is 53.2 Å². The lowest BCUT2D eigenvalue weighted by Gasteiger charge is -2.08. The zero-order chi connectivity index (χ0) is 20.4. The molecule has 0 saturated heterocycles. The second-order valence-corrected chi connectivity index (χ2v) is 6.67. The number of halogens is 1. The Hall–Kier alpha value is -3.72. The van der Waals surface area contributed by atoms with Gasteiger partial charge in [-0.2, -0.15) is 5.21 Å². The van der Waals surface area contributed by atoms with Gasteiger partial charge in [0.05, 0.1) is 16.9 Å². The maximum Gasteiger partial charge on any atom is 0.272 e. The Bertz CT molecular complexity index is 1200. The fraction of sp³-hybridized carbons (Fsp3) is 0.105. The summed E-state index contributed by atoms with van der Waals surface area (Å²) in [6.45, 7) is 1.77. The summed E-state index contributed by atoms with van der Waals surface area (Å²) in [6, 6.07) is 12.1. The number of para-hydroxylation sites is 1. The third-order valence-electron chi connectivity index (χ3n) is 4.31. The van der Waals surface area contributed by atoms with E-state index in [1.807, 2.05) is 12.1 Å². The van der Waals surface area contributed by atoms with Crippen molar-refractivity contribution in [2.45, 2.75) is 13.3 Å². The van der Waals surface area contributed by atoms with Crippen LogP contribution in [0.1, 0.15) is 23.8 Å². The number of benzene rings is 2. The molecule has 0 fully saturated rings. The molecule has 9 nitrogen and oxygen atoms in total. The third-order valence-corrected chi connectivity index (χ3v) is 4.55. The molecule has 2 amide bonds. The van der Waals surface area contributed by atoms with Crippen LogP contribution in [0.3, 0.4) is 0 Å². The molecule has 29 heavy (non-hydrogen) atoms. The van der Waals surface area contributed by atoms with Crippen molar-refractivity contribution in [1.29, 1.82) is 0 Å². The van der Waals surface area contributed by atoms with E-state index in [0.717, 1.165) is 5.39 Å². The highest BCUT2D eigenvalue weighted by Gasteiger charge is 2.16. The first-order chi connectivity index (χ1) is 14.0. The van der Waals surface area contributed by atoms with Gasteiger partial charge in [0.1, 0.15) is 5.69 Å². The molecule has 4 rings (SSSR count). The molecule has 4 N–H and O–H groups in total. The van der Waals surface area contributed by atoms with E-state index in [4.69, 9.17) is 11.6 Å². The predicted molar refractivity (Wildman–Crippen MR) is 110 cm³/mol. The summed E-state index contributed by atoms with van der Waals surface area (Å²) in [5.74, 6) is -0.158. The number of tetrazole rings is 1. The van der Waals surface area contributed by atoms with Crippen molar-refractivity contribution >= 4 is 45.7 Å². The van der Waals surface area contributed by atoms with Crippen LogP contribution in [0.15, 0.2) is 42.5 Å². The quantitative estimate of drug-likeness (QED) is 0.400. The van der Waals surface area contributed by atoms with Crippen molar-refractivity contribution in [1.82, 2.24) is 25.6 Å². The third kappa shape index (κ3) is 3.81. The number of anilines is 2. The fourth-order valence-electron chi connectivity index (χ4n) is 2.90. The highest BCUT2D eigenvalue weighted by molar-refractivity contribution is 6.31. The molecule has 0 aliphatic rings. The summed E-state index contributed by atoms with van der Waals surface area (Å²) in [7, 11) is 0. The van der Waals surface area contributed by atoms with Gasteiger partial charge in [0.2, 0.25) is 11.7 Å². The number of aromatic nitrogens is 5. The predicted octanol–water partition coefficient (Wildman–Crippen LogP) is 3.60. The van der Waals surface area contributed by atoms with Gasteiger partial charge in [-0.25, -0.2) is 0 Å². The van der Waals surface area contributed by atoms with Gasteiger partial charge in [-0.05, 0) is 35.5 Å². The highest BCUT2D eigenvalue weighted by Crippen LogP contribution is 2.29. The number of hydrogen-bond donors (Lipinski definition) is 4. The zero-order valence-corrected chi connectivity index (χ0v) is 16.0. The Morgan fingerprint density at radius 2 is 1.97 bits per heavy atom. The zero-order valence-electron chi connectivity index (χ0n) is 15.3. The fourth-order valence-corrected chi connectivity index (χ4v) is 3.07. The lowest BCUT2D eigenvalue weighted by atomic mass is 10.1. The second-order valence-electron chi connectivity index (χ2n) is 6.23. The maximum absolute atomic E-state index is 12.9. The van der Waals surface area contributed by atoms with Crippen LogP contribution in [0.25, 0.3) is 22.3 Å². The molecule has 0 unspecified atom stereocenters. The Morgan fingerprint density at radius 3 is 2.72 bits per heavy atom. The molecule has 2 aromatic heterocycles. The van der Waals surface area contributed by atoms with E-state index in [2.05, 4.69) is 36.2 Å².